The molecule has 1 fully saturated rings. The van der Waals surface area contributed by atoms with E-state index in [9.17, 15) is 13.8 Å². The Morgan fingerprint density at radius 3 is 2.13 bits per heavy atom. The summed E-state index contributed by atoms with van der Waals surface area (Å²) in [4.78, 5) is 28.4. The van der Waals surface area contributed by atoms with Crippen LogP contribution in [0.2, 0.25) is 5.02 Å². The highest BCUT2D eigenvalue weighted by atomic mass is 35.5. The second-order valence-electron chi connectivity index (χ2n) is 7.18. The lowest BCUT2D eigenvalue weighted by Crippen LogP contribution is -2.50. The van der Waals surface area contributed by atoms with Crippen molar-refractivity contribution in [2.24, 2.45) is 0 Å². The van der Waals surface area contributed by atoms with Crippen LogP contribution >= 0.6 is 11.6 Å². The first-order chi connectivity index (χ1) is 15.0. The van der Waals surface area contributed by atoms with Gasteiger partial charge in [0.2, 0.25) is 0 Å². The Bertz CT molecular complexity index is 1070. The molecule has 0 N–H and O–H groups in total. The van der Waals surface area contributed by atoms with Gasteiger partial charge < -0.3 is 18.6 Å². The Balaban J connectivity index is 1.29. The lowest BCUT2D eigenvalue weighted by atomic mass is 10.2. The molecule has 3 aromatic rings. The van der Waals surface area contributed by atoms with Crippen LogP contribution in [-0.2, 0) is 22.3 Å². The number of carbonyl (C=O) groups excluding carboxylic acids is 2. The molecule has 0 aliphatic carbocycles. The van der Waals surface area contributed by atoms with Crippen molar-refractivity contribution in [3.05, 3.63) is 82.7 Å². The van der Waals surface area contributed by atoms with E-state index in [4.69, 9.17) is 20.4 Å². The molecule has 4 rings (SSSR count). The van der Waals surface area contributed by atoms with Gasteiger partial charge in [0, 0.05) is 47.8 Å². The van der Waals surface area contributed by atoms with E-state index < -0.39 is 10.8 Å². The third-order valence-corrected chi connectivity index (χ3v) is 6.52. The first-order valence-corrected chi connectivity index (χ1v) is 11.7. The summed E-state index contributed by atoms with van der Waals surface area (Å²) in [6.07, 6.45) is 1.46. The molecule has 0 radical (unpaired) electrons. The number of halogens is 1. The summed E-state index contributed by atoms with van der Waals surface area (Å²) in [6.45, 7) is 1.65. The predicted molar refractivity (Wildman–Crippen MR) is 116 cm³/mol. The van der Waals surface area contributed by atoms with Gasteiger partial charge in [0.15, 0.2) is 11.5 Å². The normalized spacial score (nSPS) is 15.1. The molecule has 162 valence electrons. The molecular formula is C22H21ClN2O5S. The molecule has 1 aromatic carbocycles. The van der Waals surface area contributed by atoms with Crippen LogP contribution in [0.3, 0.4) is 0 Å². The molecule has 1 atom stereocenters. The molecule has 1 aliphatic rings. The zero-order valence-electron chi connectivity index (χ0n) is 16.7. The van der Waals surface area contributed by atoms with Crippen molar-refractivity contribution in [2.75, 3.05) is 26.2 Å². The zero-order valence-corrected chi connectivity index (χ0v) is 18.2. The largest absolute Gasteiger partial charge is 0.459 e. The minimum atomic E-state index is -1.17. The third-order valence-electron chi connectivity index (χ3n) is 5.00. The number of carbonyl (C=O) groups is 2. The van der Waals surface area contributed by atoms with E-state index in [1.807, 2.05) is 12.1 Å². The summed E-state index contributed by atoms with van der Waals surface area (Å²) in [6, 6.07) is 13.8. The van der Waals surface area contributed by atoms with E-state index in [0.29, 0.717) is 48.5 Å². The van der Waals surface area contributed by atoms with Gasteiger partial charge in [-0.1, -0.05) is 23.7 Å². The summed E-state index contributed by atoms with van der Waals surface area (Å²) in [5.41, 5.74) is 0.924. The van der Waals surface area contributed by atoms with Crippen molar-refractivity contribution in [3.8, 4) is 0 Å². The highest BCUT2D eigenvalue weighted by Crippen LogP contribution is 2.17. The lowest BCUT2D eigenvalue weighted by molar-refractivity contribution is 0.0501. The summed E-state index contributed by atoms with van der Waals surface area (Å²) in [5.74, 6) is 1.20. The molecule has 1 saturated heterocycles. The quantitative estimate of drug-likeness (QED) is 0.561. The van der Waals surface area contributed by atoms with Crippen molar-refractivity contribution in [1.29, 1.82) is 0 Å². The van der Waals surface area contributed by atoms with Crippen molar-refractivity contribution in [1.82, 2.24) is 9.80 Å². The number of hydrogen-bond acceptors (Lipinski definition) is 5. The van der Waals surface area contributed by atoms with Crippen LogP contribution in [0.15, 0.2) is 63.6 Å². The fraction of sp³-hybridized carbons (Fsp3) is 0.273. The van der Waals surface area contributed by atoms with E-state index in [1.165, 1.54) is 6.26 Å². The number of nitrogens with zero attached hydrogens (tertiary/aromatic N) is 2. The molecule has 0 saturated carbocycles. The van der Waals surface area contributed by atoms with Gasteiger partial charge in [0.25, 0.3) is 11.8 Å². The summed E-state index contributed by atoms with van der Waals surface area (Å²) >= 11 is 5.87. The Labute approximate surface area is 187 Å². The van der Waals surface area contributed by atoms with Gasteiger partial charge in [-0.3, -0.25) is 13.8 Å². The lowest BCUT2D eigenvalue weighted by Gasteiger charge is -2.33. The van der Waals surface area contributed by atoms with Gasteiger partial charge in [0.05, 0.1) is 12.0 Å². The maximum Gasteiger partial charge on any atom is 0.289 e. The molecule has 0 bridgehead atoms. The number of furan rings is 2. The number of benzene rings is 1. The second-order valence-corrected chi connectivity index (χ2v) is 9.08. The molecule has 1 aliphatic heterocycles. The average molecular weight is 461 g/mol. The number of rotatable bonds is 6. The molecule has 0 spiro atoms. The Hall–Kier alpha value is -2.84. The van der Waals surface area contributed by atoms with Gasteiger partial charge in [0.1, 0.15) is 5.76 Å². The number of hydrogen-bond donors (Lipinski definition) is 0. The summed E-state index contributed by atoms with van der Waals surface area (Å²) in [7, 11) is -1.17. The molecule has 2 aromatic heterocycles. The fourth-order valence-electron chi connectivity index (χ4n) is 3.37. The smallest absolute Gasteiger partial charge is 0.289 e. The van der Waals surface area contributed by atoms with E-state index in [1.54, 1.807) is 46.2 Å². The zero-order chi connectivity index (χ0) is 21.8. The maximum absolute atomic E-state index is 12.7. The van der Waals surface area contributed by atoms with Crippen molar-refractivity contribution >= 4 is 34.2 Å². The SMILES string of the molecule is O=C(c1ccco1)N1CCN(C(=O)c2ccc(CS(=O)Cc3ccc(Cl)cc3)o2)CC1. The van der Waals surface area contributed by atoms with Gasteiger partial charge in [-0.15, -0.1) is 0 Å². The predicted octanol–water partition coefficient (Wildman–Crippen LogP) is 3.57. The Morgan fingerprint density at radius 2 is 1.52 bits per heavy atom. The van der Waals surface area contributed by atoms with E-state index >= 15 is 0 Å². The van der Waals surface area contributed by atoms with Gasteiger partial charge in [-0.2, -0.15) is 0 Å². The van der Waals surface area contributed by atoms with Crippen LogP contribution in [-0.4, -0.2) is 52.0 Å². The van der Waals surface area contributed by atoms with E-state index in [-0.39, 0.29) is 23.3 Å². The molecule has 3 heterocycles. The molecule has 31 heavy (non-hydrogen) atoms. The van der Waals surface area contributed by atoms with Crippen LogP contribution in [0.1, 0.15) is 32.4 Å². The first kappa shape index (κ1) is 21.4. The van der Waals surface area contributed by atoms with Gasteiger partial charge in [-0.25, -0.2) is 0 Å². The van der Waals surface area contributed by atoms with Crippen molar-refractivity contribution in [3.63, 3.8) is 0 Å². The minimum Gasteiger partial charge on any atom is -0.459 e. The second kappa shape index (κ2) is 9.53. The van der Waals surface area contributed by atoms with E-state index in [2.05, 4.69) is 0 Å². The molecule has 2 amide bonds. The molecule has 7 nitrogen and oxygen atoms in total. The topological polar surface area (TPSA) is 84.0 Å². The molecule has 1 unspecified atom stereocenters. The highest BCUT2D eigenvalue weighted by molar-refractivity contribution is 7.83. The maximum atomic E-state index is 12.7. The van der Waals surface area contributed by atoms with E-state index in [0.717, 1.165) is 5.56 Å². The number of amides is 2. The van der Waals surface area contributed by atoms with Crippen LogP contribution in [0.5, 0.6) is 0 Å². The fourth-order valence-corrected chi connectivity index (χ4v) is 4.64. The minimum absolute atomic E-state index is 0.180. The average Bonchev–Trinajstić information content (AvgIpc) is 3.47. The Morgan fingerprint density at radius 1 is 0.871 bits per heavy atom. The summed E-state index contributed by atoms with van der Waals surface area (Å²) in [5, 5.41) is 0.634. The highest BCUT2D eigenvalue weighted by Gasteiger charge is 2.28. The monoisotopic (exact) mass is 460 g/mol. The van der Waals surface area contributed by atoms with Crippen LogP contribution in [0.4, 0.5) is 0 Å². The Kier molecular flexibility index (Phi) is 6.58. The first-order valence-electron chi connectivity index (χ1n) is 9.80. The van der Waals surface area contributed by atoms with Gasteiger partial charge in [-0.05, 0) is 42.0 Å². The van der Waals surface area contributed by atoms with Gasteiger partial charge >= 0.3 is 0 Å². The third kappa shape index (κ3) is 5.26. The number of piperazine rings is 1. The standard InChI is InChI=1S/C22H21ClN2O5S/c23-17-5-3-16(4-6-17)14-31(28)15-18-7-8-20(30-18)22(27)25-11-9-24(10-12-25)21(26)19-2-1-13-29-19/h1-8,13H,9-12,14-15H2. The molecular weight excluding hydrogens is 440 g/mol. The summed E-state index contributed by atoms with van der Waals surface area (Å²) < 4.78 is 23.2. The van der Waals surface area contributed by atoms with Crippen LogP contribution in [0, 0.1) is 0 Å². The van der Waals surface area contributed by atoms with Crippen LogP contribution < -0.4 is 0 Å². The van der Waals surface area contributed by atoms with Crippen LogP contribution in [0.25, 0.3) is 0 Å². The molecule has 9 heteroatoms. The van der Waals surface area contributed by atoms with Crippen molar-refractivity contribution in [2.45, 2.75) is 11.5 Å². The van der Waals surface area contributed by atoms with Crippen molar-refractivity contribution < 1.29 is 22.6 Å².